The fraction of sp³-hybridized carbons (Fsp3) is 0.600. The maximum Gasteiger partial charge on any atom is 0.244 e. The summed E-state index contributed by atoms with van der Waals surface area (Å²) < 4.78 is 27.8. The second kappa shape index (κ2) is 7.22. The van der Waals surface area contributed by atoms with Crippen LogP contribution in [0.4, 0.5) is 0 Å². The lowest BCUT2D eigenvalue weighted by atomic mass is 9.94. The Kier molecular flexibility index (Phi) is 5.82. The number of benzene rings is 1. The molecule has 0 radical (unpaired) electrons. The van der Waals surface area contributed by atoms with Crippen LogP contribution < -0.4 is 5.73 Å². The van der Waals surface area contributed by atoms with Crippen LogP contribution in [0.3, 0.4) is 0 Å². The SMILES string of the molecule is CCCC1CCN(S(=O)(=O)c2cc(CN)ccc2Br)CC1. The number of halogens is 1. The van der Waals surface area contributed by atoms with Crippen LogP contribution in [-0.2, 0) is 16.6 Å². The molecule has 21 heavy (non-hydrogen) atoms. The molecule has 0 bridgehead atoms. The molecule has 1 aliphatic heterocycles. The Bertz CT molecular complexity index is 581. The van der Waals surface area contributed by atoms with Gasteiger partial charge in [0.25, 0.3) is 0 Å². The van der Waals surface area contributed by atoms with Crippen LogP contribution in [0.15, 0.2) is 27.6 Å². The summed E-state index contributed by atoms with van der Waals surface area (Å²) in [7, 11) is -3.43. The van der Waals surface area contributed by atoms with Crippen molar-refractivity contribution >= 4 is 26.0 Å². The summed E-state index contributed by atoms with van der Waals surface area (Å²) >= 11 is 3.35. The van der Waals surface area contributed by atoms with Gasteiger partial charge in [0, 0.05) is 24.1 Å². The van der Waals surface area contributed by atoms with E-state index in [1.165, 1.54) is 12.8 Å². The lowest BCUT2D eigenvalue weighted by Crippen LogP contribution is -2.38. The highest BCUT2D eigenvalue weighted by atomic mass is 79.9. The Hall–Kier alpha value is -0.430. The van der Waals surface area contributed by atoms with Crippen LogP contribution in [-0.4, -0.2) is 25.8 Å². The molecule has 0 spiro atoms. The number of piperidine rings is 1. The number of rotatable bonds is 5. The average Bonchev–Trinajstić information content (AvgIpc) is 2.48. The van der Waals surface area contributed by atoms with Crippen molar-refractivity contribution in [3.63, 3.8) is 0 Å². The van der Waals surface area contributed by atoms with E-state index >= 15 is 0 Å². The van der Waals surface area contributed by atoms with Gasteiger partial charge in [-0.3, -0.25) is 0 Å². The smallest absolute Gasteiger partial charge is 0.244 e. The zero-order valence-electron chi connectivity index (χ0n) is 12.4. The van der Waals surface area contributed by atoms with Crippen LogP contribution >= 0.6 is 15.9 Å². The van der Waals surface area contributed by atoms with E-state index in [0.717, 1.165) is 18.4 Å². The summed E-state index contributed by atoms with van der Waals surface area (Å²) in [5, 5.41) is 0. The molecule has 0 aromatic heterocycles. The van der Waals surface area contributed by atoms with Crippen molar-refractivity contribution < 1.29 is 8.42 Å². The first-order valence-corrected chi connectivity index (χ1v) is 9.71. The lowest BCUT2D eigenvalue weighted by molar-refractivity contribution is 0.262. The lowest BCUT2D eigenvalue weighted by Gasteiger charge is -2.31. The number of hydrogen-bond donors (Lipinski definition) is 1. The third-order valence-corrected chi connectivity index (χ3v) is 7.01. The third kappa shape index (κ3) is 3.86. The molecule has 1 aromatic rings. The van der Waals surface area contributed by atoms with Gasteiger partial charge in [-0.1, -0.05) is 25.8 Å². The third-order valence-electron chi connectivity index (χ3n) is 4.12. The van der Waals surface area contributed by atoms with Crippen LogP contribution in [0, 0.1) is 5.92 Å². The van der Waals surface area contributed by atoms with Crippen molar-refractivity contribution in [1.29, 1.82) is 0 Å². The summed E-state index contributed by atoms with van der Waals surface area (Å²) in [6, 6.07) is 5.28. The fourth-order valence-electron chi connectivity index (χ4n) is 2.86. The van der Waals surface area contributed by atoms with Gasteiger partial charge < -0.3 is 5.73 Å². The number of hydrogen-bond acceptors (Lipinski definition) is 3. The predicted molar refractivity (Wildman–Crippen MR) is 88.4 cm³/mol. The molecule has 0 unspecified atom stereocenters. The summed E-state index contributed by atoms with van der Waals surface area (Å²) in [4.78, 5) is 0.333. The first-order valence-electron chi connectivity index (χ1n) is 7.47. The van der Waals surface area contributed by atoms with Gasteiger partial charge >= 0.3 is 0 Å². The molecule has 1 aliphatic rings. The van der Waals surface area contributed by atoms with Gasteiger partial charge in [0.05, 0.1) is 4.90 Å². The number of nitrogens with two attached hydrogens (primary N) is 1. The molecule has 0 saturated carbocycles. The molecule has 1 saturated heterocycles. The van der Waals surface area contributed by atoms with Crippen molar-refractivity contribution in [3.05, 3.63) is 28.2 Å². The van der Waals surface area contributed by atoms with Crippen molar-refractivity contribution in [1.82, 2.24) is 4.31 Å². The largest absolute Gasteiger partial charge is 0.326 e. The van der Waals surface area contributed by atoms with E-state index in [4.69, 9.17) is 5.73 Å². The molecule has 0 atom stereocenters. The Morgan fingerprint density at radius 2 is 2.00 bits per heavy atom. The van der Waals surface area contributed by atoms with Gasteiger partial charge in [-0.2, -0.15) is 4.31 Å². The van der Waals surface area contributed by atoms with Gasteiger partial charge in [0.2, 0.25) is 10.0 Å². The minimum absolute atomic E-state index is 0.333. The molecule has 2 rings (SSSR count). The number of sulfonamides is 1. The van der Waals surface area contributed by atoms with E-state index in [-0.39, 0.29) is 0 Å². The topological polar surface area (TPSA) is 63.4 Å². The van der Waals surface area contributed by atoms with Crippen LogP contribution in [0.5, 0.6) is 0 Å². The van der Waals surface area contributed by atoms with E-state index in [0.29, 0.717) is 34.9 Å². The monoisotopic (exact) mass is 374 g/mol. The minimum atomic E-state index is -3.43. The first kappa shape index (κ1) is 16.9. The Morgan fingerprint density at radius 3 is 2.57 bits per heavy atom. The molecule has 1 fully saturated rings. The van der Waals surface area contributed by atoms with E-state index in [1.807, 2.05) is 6.07 Å². The molecular formula is C15H23BrN2O2S. The standard InChI is InChI=1S/C15H23BrN2O2S/c1-2-3-12-6-8-18(9-7-12)21(19,20)15-10-13(11-17)4-5-14(15)16/h4-5,10,12H,2-3,6-9,11,17H2,1H3. The Morgan fingerprint density at radius 1 is 1.33 bits per heavy atom. The van der Waals surface area contributed by atoms with Gasteiger partial charge in [0.15, 0.2) is 0 Å². The van der Waals surface area contributed by atoms with Crippen LogP contribution in [0.2, 0.25) is 0 Å². The van der Waals surface area contributed by atoms with E-state index in [2.05, 4.69) is 22.9 Å². The van der Waals surface area contributed by atoms with Gasteiger partial charge in [-0.15, -0.1) is 0 Å². The van der Waals surface area contributed by atoms with Crippen molar-refractivity contribution in [2.75, 3.05) is 13.1 Å². The Labute approximate surface area is 135 Å². The highest BCUT2D eigenvalue weighted by molar-refractivity contribution is 9.10. The summed E-state index contributed by atoms with van der Waals surface area (Å²) in [5.74, 6) is 0.667. The normalized spacial score (nSPS) is 18.0. The molecule has 1 aromatic carbocycles. The molecule has 1 heterocycles. The van der Waals surface area contributed by atoms with E-state index < -0.39 is 10.0 Å². The van der Waals surface area contributed by atoms with E-state index in [1.54, 1.807) is 16.4 Å². The highest BCUT2D eigenvalue weighted by Crippen LogP contribution is 2.30. The molecule has 2 N–H and O–H groups in total. The van der Waals surface area contributed by atoms with Crippen molar-refractivity contribution in [2.45, 2.75) is 44.0 Å². The number of nitrogens with zero attached hydrogens (tertiary/aromatic N) is 1. The zero-order valence-corrected chi connectivity index (χ0v) is 14.8. The predicted octanol–water partition coefficient (Wildman–Crippen LogP) is 3.11. The average molecular weight is 375 g/mol. The molecular weight excluding hydrogens is 352 g/mol. The van der Waals surface area contributed by atoms with Crippen LogP contribution in [0.25, 0.3) is 0 Å². The van der Waals surface area contributed by atoms with Gasteiger partial charge in [-0.05, 0) is 52.4 Å². The Balaban J connectivity index is 2.19. The van der Waals surface area contributed by atoms with Gasteiger partial charge in [0.1, 0.15) is 0 Å². The summed E-state index contributed by atoms with van der Waals surface area (Å²) in [5.41, 5.74) is 6.45. The fourth-order valence-corrected chi connectivity index (χ4v) is 5.30. The second-order valence-electron chi connectivity index (χ2n) is 5.61. The highest BCUT2D eigenvalue weighted by Gasteiger charge is 2.30. The molecule has 118 valence electrons. The van der Waals surface area contributed by atoms with E-state index in [9.17, 15) is 8.42 Å². The summed E-state index contributed by atoms with van der Waals surface area (Å²) in [6.45, 7) is 3.76. The maximum absolute atomic E-state index is 12.8. The van der Waals surface area contributed by atoms with Crippen molar-refractivity contribution in [3.8, 4) is 0 Å². The molecule has 4 nitrogen and oxygen atoms in total. The molecule has 0 aliphatic carbocycles. The quantitative estimate of drug-likeness (QED) is 0.860. The first-order chi connectivity index (χ1) is 9.98. The summed E-state index contributed by atoms with van der Waals surface area (Å²) in [6.07, 6.45) is 4.28. The molecule has 0 amide bonds. The second-order valence-corrected chi connectivity index (χ2v) is 8.37. The zero-order chi connectivity index (χ0) is 15.5. The van der Waals surface area contributed by atoms with Gasteiger partial charge in [-0.25, -0.2) is 8.42 Å². The maximum atomic E-state index is 12.8. The van der Waals surface area contributed by atoms with Crippen LogP contribution in [0.1, 0.15) is 38.2 Å². The van der Waals surface area contributed by atoms with Crippen molar-refractivity contribution in [2.24, 2.45) is 11.7 Å². The molecule has 6 heteroatoms. The minimum Gasteiger partial charge on any atom is -0.326 e.